The molecule has 0 saturated heterocycles. The first-order chi connectivity index (χ1) is 8.18. The maximum absolute atomic E-state index is 5.46. The molecule has 84 valence electrons. The summed E-state index contributed by atoms with van der Waals surface area (Å²) in [5.41, 5.74) is 2.35. The van der Waals surface area contributed by atoms with Gasteiger partial charge in [-0.1, -0.05) is 34.2 Å². The van der Waals surface area contributed by atoms with Gasteiger partial charge in [0, 0.05) is 26.0 Å². The van der Waals surface area contributed by atoms with Gasteiger partial charge in [-0.05, 0) is 42.1 Å². The molecule has 0 aliphatic carbocycles. The molecule has 3 aromatic rings. The second-order valence-electron chi connectivity index (χ2n) is 4.12. The maximum atomic E-state index is 5.46. The first kappa shape index (κ1) is 10.9. The summed E-state index contributed by atoms with van der Waals surface area (Å²) in [5, 5.41) is 3.53. The number of aromatic nitrogens is 1. The molecule has 1 N–H and O–H groups in total. The van der Waals surface area contributed by atoms with Crippen LogP contribution in [0, 0.1) is 11.4 Å². The second kappa shape index (κ2) is 3.93. The van der Waals surface area contributed by atoms with Gasteiger partial charge in [-0.2, -0.15) is 0 Å². The Kier molecular flexibility index (Phi) is 2.53. The SMILES string of the molecule is Cc1cc2ccc[nH]c2c2c(=S)ccc(Br)c12. The smallest absolute Gasteiger partial charge is 0.0548 e. The minimum Gasteiger partial charge on any atom is -0.361 e. The average Bonchev–Trinajstić information content (AvgIpc) is 2.33. The van der Waals surface area contributed by atoms with Crippen LogP contribution in [0.2, 0.25) is 0 Å². The molecule has 3 heteroatoms. The van der Waals surface area contributed by atoms with Crippen LogP contribution in [0.4, 0.5) is 0 Å². The summed E-state index contributed by atoms with van der Waals surface area (Å²) >= 11 is 9.07. The van der Waals surface area contributed by atoms with Gasteiger partial charge in [0.05, 0.1) is 5.52 Å². The molecule has 0 unspecified atom stereocenters. The molecule has 0 bridgehead atoms. The topological polar surface area (TPSA) is 15.8 Å². The Labute approximate surface area is 113 Å². The molecule has 1 aromatic heterocycles. The van der Waals surface area contributed by atoms with Gasteiger partial charge in [0.1, 0.15) is 0 Å². The molecule has 1 nitrogen and oxygen atoms in total. The number of hydrogen-bond donors (Lipinski definition) is 1. The predicted octanol–water partition coefficient (Wildman–Crippen LogP) is 5.12. The summed E-state index contributed by atoms with van der Waals surface area (Å²) in [7, 11) is 0. The van der Waals surface area contributed by atoms with Crippen molar-refractivity contribution in [1.82, 2.24) is 4.98 Å². The van der Waals surface area contributed by atoms with Crippen molar-refractivity contribution in [2.45, 2.75) is 6.92 Å². The number of hydrogen-bond acceptors (Lipinski definition) is 1. The molecule has 0 atom stereocenters. The van der Waals surface area contributed by atoms with E-state index in [9.17, 15) is 0 Å². The molecule has 0 radical (unpaired) electrons. The van der Waals surface area contributed by atoms with Crippen LogP contribution in [0.3, 0.4) is 0 Å². The van der Waals surface area contributed by atoms with Gasteiger partial charge in [-0.25, -0.2) is 0 Å². The van der Waals surface area contributed by atoms with Crippen molar-refractivity contribution < 1.29 is 0 Å². The van der Waals surface area contributed by atoms with E-state index in [-0.39, 0.29) is 0 Å². The van der Waals surface area contributed by atoms with Gasteiger partial charge >= 0.3 is 0 Å². The standard InChI is InChI=1S/C14H10BrNS/c1-8-7-9-3-2-6-16-14(9)13-11(17)5-4-10(15)12(8)13/h2-7,16H,1H3. The van der Waals surface area contributed by atoms with E-state index in [1.807, 2.05) is 24.4 Å². The largest absolute Gasteiger partial charge is 0.361 e. The Morgan fingerprint density at radius 1 is 1.18 bits per heavy atom. The second-order valence-corrected chi connectivity index (χ2v) is 5.42. The number of benzene rings is 2. The van der Waals surface area contributed by atoms with Crippen LogP contribution >= 0.6 is 28.1 Å². The number of halogens is 1. The predicted molar refractivity (Wildman–Crippen MR) is 79.1 cm³/mol. The Bertz CT molecular complexity index is 789. The van der Waals surface area contributed by atoms with Crippen LogP contribution in [-0.2, 0) is 0 Å². The van der Waals surface area contributed by atoms with Crippen molar-refractivity contribution in [3.63, 3.8) is 0 Å². The third-order valence-electron chi connectivity index (χ3n) is 3.02. The number of pyridine rings is 1. The van der Waals surface area contributed by atoms with Crippen molar-refractivity contribution >= 4 is 49.8 Å². The number of rotatable bonds is 0. The molecule has 3 rings (SSSR count). The number of H-pyrrole nitrogens is 1. The van der Waals surface area contributed by atoms with Crippen molar-refractivity contribution in [2.75, 3.05) is 0 Å². The van der Waals surface area contributed by atoms with Crippen LogP contribution in [0.25, 0.3) is 21.7 Å². The first-order valence-electron chi connectivity index (χ1n) is 5.38. The van der Waals surface area contributed by atoms with Crippen molar-refractivity contribution in [3.05, 3.63) is 51.1 Å². The van der Waals surface area contributed by atoms with Crippen molar-refractivity contribution in [1.29, 1.82) is 0 Å². The van der Waals surface area contributed by atoms with E-state index >= 15 is 0 Å². The first-order valence-corrected chi connectivity index (χ1v) is 6.58. The minimum absolute atomic E-state index is 0.888. The van der Waals surface area contributed by atoms with E-state index in [1.54, 1.807) is 0 Å². The Balaban J connectivity index is 2.75. The molecule has 1 heterocycles. The monoisotopic (exact) mass is 303 g/mol. The summed E-state index contributed by atoms with van der Waals surface area (Å²) in [6, 6.07) is 10.3. The lowest BCUT2D eigenvalue weighted by Gasteiger charge is -2.09. The Morgan fingerprint density at radius 2 is 2.00 bits per heavy atom. The highest BCUT2D eigenvalue weighted by Crippen LogP contribution is 2.33. The molecule has 0 amide bonds. The third kappa shape index (κ3) is 1.61. The van der Waals surface area contributed by atoms with Gasteiger partial charge < -0.3 is 4.98 Å². The van der Waals surface area contributed by atoms with Crippen LogP contribution < -0.4 is 0 Å². The van der Waals surface area contributed by atoms with Crippen LogP contribution in [0.15, 0.2) is 41.0 Å². The number of fused-ring (bicyclic) bond motifs is 3. The number of aromatic amines is 1. The van der Waals surface area contributed by atoms with E-state index in [0.29, 0.717) is 0 Å². The van der Waals surface area contributed by atoms with Gasteiger partial charge in [0.15, 0.2) is 0 Å². The molecule has 0 fully saturated rings. The van der Waals surface area contributed by atoms with Gasteiger partial charge in [-0.3, -0.25) is 0 Å². The van der Waals surface area contributed by atoms with Crippen LogP contribution in [0.1, 0.15) is 5.56 Å². The zero-order valence-corrected chi connectivity index (χ0v) is 11.7. The lowest BCUT2D eigenvalue weighted by atomic mass is 10.0. The summed E-state index contributed by atoms with van der Waals surface area (Å²) in [6.07, 6.45) is 1.94. The fourth-order valence-electron chi connectivity index (χ4n) is 2.28. The third-order valence-corrected chi connectivity index (χ3v) is 4.02. The lowest BCUT2D eigenvalue weighted by Crippen LogP contribution is -1.87. The summed E-state index contributed by atoms with van der Waals surface area (Å²) < 4.78 is 1.98. The zero-order valence-electron chi connectivity index (χ0n) is 9.25. The number of nitrogens with one attached hydrogen (secondary N) is 1. The van der Waals surface area contributed by atoms with Crippen LogP contribution in [0.5, 0.6) is 0 Å². The normalized spacial score (nSPS) is 11.2. The maximum Gasteiger partial charge on any atom is 0.0548 e. The highest BCUT2D eigenvalue weighted by molar-refractivity contribution is 9.10. The van der Waals surface area contributed by atoms with Crippen molar-refractivity contribution in [2.24, 2.45) is 0 Å². The summed E-state index contributed by atoms with van der Waals surface area (Å²) in [6.45, 7) is 2.12. The fraction of sp³-hybridized carbons (Fsp3) is 0.0714. The quantitative estimate of drug-likeness (QED) is 0.450. The van der Waals surface area contributed by atoms with Crippen molar-refractivity contribution in [3.8, 4) is 0 Å². The highest BCUT2D eigenvalue weighted by Gasteiger charge is 2.08. The molecular formula is C14H10BrNS. The van der Waals surface area contributed by atoms with E-state index in [0.717, 1.165) is 19.9 Å². The molecule has 0 aliphatic heterocycles. The fourth-order valence-corrected chi connectivity index (χ4v) is 3.20. The van der Waals surface area contributed by atoms with E-state index in [2.05, 4.69) is 40.0 Å². The van der Waals surface area contributed by atoms with E-state index in [1.165, 1.54) is 16.3 Å². The van der Waals surface area contributed by atoms with Gasteiger partial charge in [0.25, 0.3) is 0 Å². The molecule has 0 spiro atoms. The number of aryl methyl sites for hydroxylation is 1. The lowest BCUT2D eigenvalue weighted by molar-refractivity contribution is 1.41. The summed E-state index contributed by atoms with van der Waals surface area (Å²) in [5.74, 6) is 0. The molecule has 0 saturated carbocycles. The van der Waals surface area contributed by atoms with Gasteiger partial charge in [0.2, 0.25) is 0 Å². The zero-order chi connectivity index (χ0) is 12.0. The molecule has 0 aliphatic rings. The highest BCUT2D eigenvalue weighted by atomic mass is 79.9. The average molecular weight is 304 g/mol. The minimum atomic E-state index is 0.888. The van der Waals surface area contributed by atoms with Gasteiger partial charge in [-0.15, -0.1) is 0 Å². The molecule has 2 aromatic carbocycles. The van der Waals surface area contributed by atoms with E-state index < -0.39 is 0 Å². The Morgan fingerprint density at radius 3 is 2.82 bits per heavy atom. The summed E-state index contributed by atoms with van der Waals surface area (Å²) in [4.78, 5) is 3.30. The molecule has 17 heavy (non-hydrogen) atoms. The Hall–Kier alpha value is -1.19. The molecular weight excluding hydrogens is 294 g/mol. The van der Waals surface area contributed by atoms with E-state index in [4.69, 9.17) is 12.2 Å². The van der Waals surface area contributed by atoms with Crippen LogP contribution in [-0.4, -0.2) is 4.98 Å².